The van der Waals surface area contributed by atoms with E-state index in [0.717, 1.165) is 21.1 Å². The van der Waals surface area contributed by atoms with E-state index in [1.807, 2.05) is 19.1 Å². The molecule has 0 saturated carbocycles. The van der Waals surface area contributed by atoms with Crippen molar-refractivity contribution < 1.29 is 13.6 Å². The van der Waals surface area contributed by atoms with Crippen molar-refractivity contribution in [3.8, 4) is 11.3 Å². The predicted molar refractivity (Wildman–Crippen MR) is 97.7 cm³/mol. The first kappa shape index (κ1) is 20.0. The first-order valence-corrected chi connectivity index (χ1v) is 8.65. The van der Waals surface area contributed by atoms with Crippen LogP contribution in [0.1, 0.15) is 16.3 Å². The molecule has 2 heterocycles. The molecule has 136 valence electrons. The Morgan fingerprint density at radius 1 is 1.44 bits per heavy atom. The van der Waals surface area contributed by atoms with Gasteiger partial charge in [0.1, 0.15) is 5.01 Å². The van der Waals surface area contributed by atoms with E-state index in [0.29, 0.717) is 5.02 Å². The molecule has 1 aliphatic heterocycles. The van der Waals surface area contributed by atoms with E-state index in [2.05, 4.69) is 15.6 Å². The Bertz CT molecular complexity index is 752. The van der Waals surface area contributed by atoms with Crippen LogP contribution < -0.4 is 10.6 Å². The fraction of sp³-hybridized carbons (Fsp3) is 0.375. The van der Waals surface area contributed by atoms with Crippen molar-refractivity contribution in [1.82, 2.24) is 15.6 Å². The summed E-state index contributed by atoms with van der Waals surface area (Å²) in [4.78, 5) is 17.5. The van der Waals surface area contributed by atoms with Crippen LogP contribution in [-0.2, 0) is 11.3 Å². The molecule has 1 fully saturated rings. The number of nitrogens with one attached hydrogen (secondary N) is 2. The number of amides is 1. The molecule has 0 spiro atoms. The van der Waals surface area contributed by atoms with Gasteiger partial charge in [-0.2, -0.15) is 0 Å². The fourth-order valence-corrected chi connectivity index (χ4v) is 3.61. The highest BCUT2D eigenvalue weighted by molar-refractivity contribution is 7.12. The van der Waals surface area contributed by atoms with Gasteiger partial charge in [0.05, 0.1) is 24.8 Å². The second kappa shape index (κ2) is 7.95. The van der Waals surface area contributed by atoms with Crippen molar-refractivity contribution >= 4 is 41.3 Å². The first-order chi connectivity index (χ1) is 11.3. The Balaban J connectivity index is 0.00000225. The number of aromatic nitrogens is 1. The number of aryl methyl sites for hydroxylation is 1. The van der Waals surface area contributed by atoms with Gasteiger partial charge < -0.3 is 5.32 Å². The lowest BCUT2D eigenvalue weighted by Gasteiger charge is -2.10. The topological polar surface area (TPSA) is 54.0 Å². The summed E-state index contributed by atoms with van der Waals surface area (Å²) < 4.78 is 26.3. The van der Waals surface area contributed by atoms with Crippen molar-refractivity contribution in [2.45, 2.75) is 31.9 Å². The maximum Gasteiger partial charge on any atom is 0.262 e. The van der Waals surface area contributed by atoms with Crippen molar-refractivity contribution in [2.24, 2.45) is 0 Å². The standard InChI is InChI=1S/C16H16ClF2N3OS.ClH/c1-9-14(10-2-4-11(17)5-3-10)22-13(24-9)7-20-15(23)12-6-16(18,19)8-21-12;/h2-5,12,21H,6-8H2,1H3,(H,20,23);1H. The van der Waals surface area contributed by atoms with Crippen molar-refractivity contribution in [2.75, 3.05) is 6.54 Å². The average molecular weight is 408 g/mol. The van der Waals surface area contributed by atoms with E-state index in [4.69, 9.17) is 11.6 Å². The van der Waals surface area contributed by atoms with Crippen molar-refractivity contribution in [3.05, 3.63) is 39.2 Å². The van der Waals surface area contributed by atoms with Gasteiger partial charge in [0.25, 0.3) is 5.92 Å². The van der Waals surface area contributed by atoms with Crippen LogP contribution in [0.15, 0.2) is 24.3 Å². The highest BCUT2D eigenvalue weighted by Crippen LogP contribution is 2.29. The minimum absolute atomic E-state index is 0. The molecule has 3 rings (SSSR count). The van der Waals surface area contributed by atoms with Crippen LogP contribution in [0.5, 0.6) is 0 Å². The van der Waals surface area contributed by atoms with Crippen LogP contribution in [0.4, 0.5) is 8.78 Å². The Hall–Kier alpha value is -1.28. The van der Waals surface area contributed by atoms with Crippen molar-refractivity contribution in [1.29, 1.82) is 0 Å². The minimum atomic E-state index is -2.82. The summed E-state index contributed by atoms with van der Waals surface area (Å²) in [5.41, 5.74) is 1.79. The molecule has 1 saturated heterocycles. The van der Waals surface area contributed by atoms with Gasteiger partial charge in [-0.3, -0.25) is 10.1 Å². The van der Waals surface area contributed by atoms with Crippen molar-refractivity contribution in [3.63, 3.8) is 0 Å². The molecule has 2 aromatic rings. The van der Waals surface area contributed by atoms with E-state index >= 15 is 0 Å². The second-order valence-electron chi connectivity index (χ2n) is 5.73. The van der Waals surface area contributed by atoms with Crippen LogP contribution in [0, 0.1) is 6.92 Å². The van der Waals surface area contributed by atoms with Crippen LogP contribution >= 0.6 is 35.3 Å². The number of hydrogen-bond acceptors (Lipinski definition) is 4. The fourth-order valence-electron chi connectivity index (χ4n) is 2.59. The molecule has 1 aromatic heterocycles. The number of rotatable bonds is 4. The molecule has 0 bridgehead atoms. The third-order valence-electron chi connectivity index (χ3n) is 3.80. The molecule has 1 amide bonds. The molecule has 0 aliphatic carbocycles. The van der Waals surface area contributed by atoms with Gasteiger partial charge >= 0.3 is 0 Å². The highest BCUT2D eigenvalue weighted by atomic mass is 35.5. The summed E-state index contributed by atoms with van der Waals surface area (Å²) >= 11 is 7.36. The molecule has 9 heteroatoms. The van der Waals surface area contributed by atoms with Gasteiger partial charge in [-0.15, -0.1) is 23.7 Å². The summed E-state index contributed by atoms with van der Waals surface area (Å²) in [7, 11) is 0. The van der Waals surface area contributed by atoms with Gasteiger partial charge in [-0.1, -0.05) is 23.7 Å². The number of carbonyl (C=O) groups excluding carboxylic acids is 1. The largest absolute Gasteiger partial charge is 0.348 e. The molecule has 0 radical (unpaired) electrons. The minimum Gasteiger partial charge on any atom is -0.348 e. The predicted octanol–water partition coefficient (Wildman–Crippen LogP) is 3.81. The molecule has 1 unspecified atom stereocenters. The Labute approximate surface area is 159 Å². The Kier molecular flexibility index (Phi) is 6.37. The normalized spacial score (nSPS) is 18.6. The molecule has 1 atom stereocenters. The zero-order chi connectivity index (χ0) is 17.3. The monoisotopic (exact) mass is 407 g/mol. The number of nitrogens with zero attached hydrogens (tertiary/aromatic N) is 1. The van der Waals surface area contributed by atoms with Crippen LogP contribution in [-0.4, -0.2) is 29.4 Å². The van der Waals surface area contributed by atoms with E-state index in [-0.39, 0.29) is 19.0 Å². The number of benzene rings is 1. The molecule has 2 N–H and O–H groups in total. The zero-order valence-electron chi connectivity index (χ0n) is 13.3. The van der Waals surface area contributed by atoms with E-state index in [1.54, 1.807) is 12.1 Å². The smallest absolute Gasteiger partial charge is 0.262 e. The van der Waals surface area contributed by atoms with Gasteiger partial charge in [0.15, 0.2) is 0 Å². The lowest BCUT2D eigenvalue weighted by molar-refractivity contribution is -0.123. The van der Waals surface area contributed by atoms with E-state index in [1.165, 1.54) is 11.3 Å². The van der Waals surface area contributed by atoms with Crippen LogP contribution in [0.3, 0.4) is 0 Å². The van der Waals surface area contributed by atoms with Gasteiger partial charge in [0, 0.05) is 21.9 Å². The summed E-state index contributed by atoms with van der Waals surface area (Å²) in [6.45, 7) is 1.72. The quantitative estimate of drug-likeness (QED) is 0.809. The summed E-state index contributed by atoms with van der Waals surface area (Å²) in [6.07, 6.45) is -0.467. The van der Waals surface area contributed by atoms with Gasteiger partial charge in [-0.05, 0) is 19.1 Å². The van der Waals surface area contributed by atoms with Gasteiger partial charge in [-0.25, -0.2) is 13.8 Å². The number of halogens is 4. The van der Waals surface area contributed by atoms with E-state index < -0.39 is 30.8 Å². The second-order valence-corrected chi connectivity index (χ2v) is 7.45. The van der Waals surface area contributed by atoms with Crippen LogP contribution in [0.2, 0.25) is 5.02 Å². The zero-order valence-corrected chi connectivity index (χ0v) is 15.7. The SMILES string of the molecule is Cc1sc(CNC(=O)C2CC(F)(F)CN2)nc1-c1ccc(Cl)cc1.Cl. The van der Waals surface area contributed by atoms with E-state index in [9.17, 15) is 13.6 Å². The summed E-state index contributed by atoms with van der Waals surface area (Å²) in [5, 5.41) is 6.60. The number of thiazole rings is 1. The number of carbonyl (C=O) groups is 1. The Morgan fingerprint density at radius 3 is 2.72 bits per heavy atom. The lowest BCUT2D eigenvalue weighted by atomic mass is 10.1. The lowest BCUT2D eigenvalue weighted by Crippen LogP contribution is -2.39. The highest BCUT2D eigenvalue weighted by Gasteiger charge is 2.42. The molecule has 4 nitrogen and oxygen atoms in total. The van der Waals surface area contributed by atoms with Gasteiger partial charge in [0.2, 0.25) is 5.91 Å². The molecule has 1 aliphatic rings. The summed E-state index contributed by atoms with van der Waals surface area (Å²) in [6, 6.07) is 6.51. The Morgan fingerprint density at radius 2 is 2.12 bits per heavy atom. The third kappa shape index (κ3) is 4.88. The molecule has 1 aromatic carbocycles. The number of hydrogen-bond donors (Lipinski definition) is 2. The van der Waals surface area contributed by atoms with Crippen LogP contribution in [0.25, 0.3) is 11.3 Å². The number of alkyl halides is 2. The molecular formula is C16H17Cl2F2N3OS. The third-order valence-corrected chi connectivity index (χ3v) is 5.02. The average Bonchev–Trinajstić information content (AvgIpc) is 3.08. The maximum absolute atomic E-state index is 13.1. The molecule has 25 heavy (non-hydrogen) atoms. The first-order valence-electron chi connectivity index (χ1n) is 7.45. The maximum atomic E-state index is 13.1. The molecular weight excluding hydrogens is 391 g/mol. The summed E-state index contributed by atoms with van der Waals surface area (Å²) in [5.74, 6) is -3.24.